The molecule has 1 amide bonds. The number of fused-ring (bicyclic) bond motifs is 1. The van der Waals surface area contributed by atoms with Crippen LogP contribution in [0.3, 0.4) is 0 Å². The van der Waals surface area contributed by atoms with E-state index in [4.69, 9.17) is 9.47 Å². The summed E-state index contributed by atoms with van der Waals surface area (Å²) in [6.07, 6.45) is 4.20. The number of hydrogen-bond acceptors (Lipinski definition) is 7. The molecule has 7 nitrogen and oxygen atoms in total. The molecule has 0 spiro atoms. The standard InChI is InChI=1S/C22H26N4O3S/c1-4-18-12-19-20(23-13-24-22(19)30-18)26-7-5-14(6-8-26)21(27)25-15-9-16(28-2)11-17(10-15)29-3/h9-14H,4-8H2,1-3H3,(H,25,27). The molecular formula is C22H26N4O3S. The van der Waals surface area contributed by atoms with Crippen LogP contribution in [0.2, 0.25) is 0 Å². The number of rotatable bonds is 6. The largest absolute Gasteiger partial charge is 0.497 e. The molecular weight excluding hydrogens is 400 g/mol. The van der Waals surface area contributed by atoms with Crippen molar-refractivity contribution in [3.63, 3.8) is 0 Å². The molecule has 4 rings (SSSR count). The third-order valence-electron chi connectivity index (χ3n) is 5.49. The molecule has 0 saturated carbocycles. The summed E-state index contributed by atoms with van der Waals surface area (Å²) in [6.45, 7) is 3.74. The van der Waals surface area contributed by atoms with Gasteiger partial charge in [0.1, 0.15) is 28.5 Å². The first-order valence-electron chi connectivity index (χ1n) is 10.1. The second kappa shape index (κ2) is 8.87. The lowest BCUT2D eigenvalue weighted by molar-refractivity contribution is -0.120. The quantitative estimate of drug-likeness (QED) is 0.639. The van der Waals surface area contributed by atoms with E-state index in [9.17, 15) is 4.79 Å². The summed E-state index contributed by atoms with van der Waals surface area (Å²) < 4.78 is 10.6. The van der Waals surface area contributed by atoms with E-state index in [0.29, 0.717) is 17.2 Å². The fraction of sp³-hybridized carbons (Fsp3) is 0.409. The van der Waals surface area contributed by atoms with Crippen LogP contribution in [0.1, 0.15) is 24.6 Å². The fourth-order valence-electron chi connectivity index (χ4n) is 3.80. The summed E-state index contributed by atoms with van der Waals surface area (Å²) in [5.74, 6) is 2.27. The molecule has 3 heterocycles. The summed E-state index contributed by atoms with van der Waals surface area (Å²) in [6, 6.07) is 7.58. The van der Waals surface area contributed by atoms with Gasteiger partial charge >= 0.3 is 0 Å². The van der Waals surface area contributed by atoms with Crippen LogP contribution in [0.25, 0.3) is 10.2 Å². The van der Waals surface area contributed by atoms with Crippen molar-refractivity contribution in [3.05, 3.63) is 35.5 Å². The second-order valence-corrected chi connectivity index (χ2v) is 8.45. The van der Waals surface area contributed by atoms with Gasteiger partial charge in [-0.2, -0.15) is 0 Å². The minimum atomic E-state index is -0.0375. The number of hydrogen-bond donors (Lipinski definition) is 1. The van der Waals surface area contributed by atoms with Gasteiger partial charge in [0.2, 0.25) is 5.91 Å². The second-order valence-electron chi connectivity index (χ2n) is 7.33. The Kier molecular flexibility index (Phi) is 6.03. The average molecular weight is 427 g/mol. The molecule has 1 aliphatic rings. The zero-order valence-electron chi connectivity index (χ0n) is 17.5. The van der Waals surface area contributed by atoms with Crippen molar-refractivity contribution in [1.29, 1.82) is 0 Å². The third-order valence-corrected chi connectivity index (χ3v) is 6.68. The smallest absolute Gasteiger partial charge is 0.227 e. The monoisotopic (exact) mass is 426 g/mol. The number of anilines is 2. The van der Waals surface area contributed by atoms with Gasteiger partial charge in [0.25, 0.3) is 0 Å². The Morgan fingerprint density at radius 2 is 1.83 bits per heavy atom. The Bertz CT molecular complexity index is 1020. The van der Waals surface area contributed by atoms with E-state index in [0.717, 1.165) is 48.4 Å². The van der Waals surface area contributed by atoms with Gasteiger partial charge in [0, 0.05) is 47.8 Å². The number of methoxy groups -OCH3 is 2. The van der Waals surface area contributed by atoms with Crippen LogP contribution in [0.4, 0.5) is 11.5 Å². The lowest BCUT2D eigenvalue weighted by atomic mass is 9.95. The Morgan fingerprint density at radius 1 is 1.13 bits per heavy atom. The number of amides is 1. The van der Waals surface area contributed by atoms with Crippen LogP contribution < -0.4 is 19.7 Å². The van der Waals surface area contributed by atoms with E-state index in [1.807, 2.05) is 0 Å². The molecule has 2 aromatic heterocycles. The van der Waals surface area contributed by atoms with Crippen molar-refractivity contribution in [2.45, 2.75) is 26.2 Å². The minimum absolute atomic E-state index is 0.0293. The number of aromatic nitrogens is 2. The molecule has 0 atom stereocenters. The summed E-state index contributed by atoms with van der Waals surface area (Å²) in [5.41, 5.74) is 0.682. The van der Waals surface area contributed by atoms with Gasteiger partial charge in [-0.3, -0.25) is 4.79 Å². The summed E-state index contributed by atoms with van der Waals surface area (Å²) in [7, 11) is 3.19. The Labute approximate surface area is 180 Å². The molecule has 0 aliphatic carbocycles. The lowest BCUT2D eigenvalue weighted by Gasteiger charge is -2.32. The Hall–Kier alpha value is -2.87. The predicted molar refractivity (Wildman–Crippen MR) is 120 cm³/mol. The average Bonchev–Trinajstić information content (AvgIpc) is 3.22. The van der Waals surface area contributed by atoms with Crippen LogP contribution in [0.15, 0.2) is 30.6 Å². The zero-order valence-corrected chi connectivity index (χ0v) is 18.3. The van der Waals surface area contributed by atoms with Crippen LogP contribution in [-0.2, 0) is 11.2 Å². The van der Waals surface area contributed by atoms with Crippen molar-refractivity contribution < 1.29 is 14.3 Å². The molecule has 158 valence electrons. The highest BCUT2D eigenvalue weighted by Crippen LogP contribution is 2.33. The van der Waals surface area contributed by atoms with Crippen LogP contribution in [0, 0.1) is 5.92 Å². The number of carbonyl (C=O) groups is 1. The maximum absolute atomic E-state index is 12.8. The minimum Gasteiger partial charge on any atom is -0.497 e. The Morgan fingerprint density at radius 3 is 2.47 bits per heavy atom. The van der Waals surface area contributed by atoms with Crippen molar-refractivity contribution in [1.82, 2.24) is 9.97 Å². The van der Waals surface area contributed by atoms with Crippen LogP contribution in [-0.4, -0.2) is 43.2 Å². The van der Waals surface area contributed by atoms with Crippen LogP contribution in [0.5, 0.6) is 11.5 Å². The summed E-state index contributed by atoms with van der Waals surface area (Å²) in [5, 5.41) is 4.13. The maximum atomic E-state index is 12.8. The molecule has 0 unspecified atom stereocenters. The van der Waals surface area contributed by atoms with E-state index in [1.165, 1.54) is 4.88 Å². The third kappa shape index (κ3) is 4.18. The van der Waals surface area contributed by atoms with Crippen molar-refractivity contribution in [3.8, 4) is 11.5 Å². The molecule has 1 N–H and O–H groups in total. The number of benzene rings is 1. The number of thiophene rings is 1. The number of ether oxygens (including phenoxy) is 2. The highest BCUT2D eigenvalue weighted by molar-refractivity contribution is 7.18. The van der Waals surface area contributed by atoms with Crippen molar-refractivity contribution in [2.24, 2.45) is 5.92 Å². The molecule has 1 fully saturated rings. The van der Waals surface area contributed by atoms with Gasteiger partial charge in [-0.15, -0.1) is 11.3 Å². The molecule has 0 radical (unpaired) electrons. The molecule has 0 bridgehead atoms. The first-order valence-corrected chi connectivity index (χ1v) is 10.9. The van der Waals surface area contributed by atoms with Gasteiger partial charge in [0.05, 0.1) is 19.6 Å². The SMILES string of the molecule is CCc1cc2c(N3CCC(C(=O)Nc4cc(OC)cc(OC)c4)CC3)ncnc2s1. The summed E-state index contributed by atoms with van der Waals surface area (Å²) >= 11 is 1.73. The van der Waals surface area contributed by atoms with Gasteiger partial charge in [-0.1, -0.05) is 6.92 Å². The number of aryl methyl sites for hydroxylation is 1. The first-order chi connectivity index (χ1) is 14.6. The number of carbonyl (C=O) groups excluding carboxylic acids is 1. The predicted octanol–water partition coefficient (Wildman–Crippen LogP) is 4.13. The van der Waals surface area contributed by atoms with E-state index < -0.39 is 0 Å². The highest BCUT2D eigenvalue weighted by Gasteiger charge is 2.27. The summed E-state index contributed by atoms with van der Waals surface area (Å²) in [4.78, 5) is 26.4. The van der Waals surface area contributed by atoms with Gasteiger partial charge < -0.3 is 19.7 Å². The molecule has 1 aliphatic heterocycles. The maximum Gasteiger partial charge on any atom is 0.227 e. The van der Waals surface area contributed by atoms with E-state index >= 15 is 0 Å². The number of piperidine rings is 1. The number of nitrogens with one attached hydrogen (secondary N) is 1. The number of nitrogens with zero attached hydrogens (tertiary/aromatic N) is 3. The molecule has 30 heavy (non-hydrogen) atoms. The van der Waals surface area contributed by atoms with Gasteiger partial charge in [0.15, 0.2) is 0 Å². The molecule has 8 heteroatoms. The topological polar surface area (TPSA) is 76.6 Å². The van der Waals surface area contributed by atoms with Crippen LogP contribution >= 0.6 is 11.3 Å². The molecule has 1 aromatic carbocycles. The van der Waals surface area contributed by atoms with E-state index in [2.05, 4.69) is 33.2 Å². The van der Waals surface area contributed by atoms with Crippen molar-refractivity contribution in [2.75, 3.05) is 37.5 Å². The Balaban J connectivity index is 1.42. The van der Waals surface area contributed by atoms with E-state index in [-0.39, 0.29) is 11.8 Å². The zero-order chi connectivity index (χ0) is 21.1. The highest BCUT2D eigenvalue weighted by atomic mass is 32.1. The molecule has 3 aromatic rings. The molecule has 1 saturated heterocycles. The van der Waals surface area contributed by atoms with Crippen molar-refractivity contribution >= 4 is 39.0 Å². The van der Waals surface area contributed by atoms with Gasteiger partial charge in [-0.05, 0) is 25.3 Å². The fourth-order valence-corrected chi connectivity index (χ4v) is 4.73. The normalized spacial score (nSPS) is 14.7. The lowest BCUT2D eigenvalue weighted by Crippen LogP contribution is -2.38. The van der Waals surface area contributed by atoms with Gasteiger partial charge in [-0.25, -0.2) is 9.97 Å². The van der Waals surface area contributed by atoms with E-state index in [1.54, 1.807) is 50.1 Å². The first kappa shape index (κ1) is 20.4.